The average molecular weight is 308 g/mol. The van der Waals surface area contributed by atoms with Gasteiger partial charge in [0.15, 0.2) is 0 Å². The van der Waals surface area contributed by atoms with Crippen LogP contribution >= 0.6 is 22.9 Å². The van der Waals surface area contributed by atoms with E-state index in [9.17, 15) is 0 Å². The first-order valence-corrected chi connectivity index (χ1v) is 8.64. The fourth-order valence-electron chi connectivity index (χ4n) is 3.29. The Morgan fingerprint density at radius 2 is 2.15 bits per heavy atom. The molecular formula is C17H22ClNS. The number of halogens is 1. The summed E-state index contributed by atoms with van der Waals surface area (Å²) in [5, 5.41) is 5.85. The minimum Gasteiger partial charge on any atom is -0.309 e. The Balaban J connectivity index is 1.69. The van der Waals surface area contributed by atoms with E-state index >= 15 is 0 Å². The molecule has 1 fully saturated rings. The van der Waals surface area contributed by atoms with Gasteiger partial charge in [0, 0.05) is 27.5 Å². The molecule has 2 aromatic rings. The Labute approximate surface area is 130 Å². The molecule has 1 heterocycles. The summed E-state index contributed by atoms with van der Waals surface area (Å²) < 4.78 is 1.29. The second-order valence-electron chi connectivity index (χ2n) is 6.67. The number of nitrogens with one attached hydrogen (secondary N) is 1. The summed E-state index contributed by atoms with van der Waals surface area (Å²) >= 11 is 8.32. The molecule has 1 N–H and O–H groups in total. The lowest BCUT2D eigenvalue weighted by atomic mass is 9.75. The lowest BCUT2D eigenvalue weighted by Gasteiger charge is -2.35. The Kier molecular flexibility index (Phi) is 4.07. The van der Waals surface area contributed by atoms with Crippen molar-refractivity contribution < 1.29 is 0 Å². The van der Waals surface area contributed by atoms with Gasteiger partial charge in [-0.05, 0) is 30.7 Å². The van der Waals surface area contributed by atoms with Gasteiger partial charge in [-0.2, -0.15) is 0 Å². The summed E-state index contributed by atoms with van der Waals surface area (Å²) in [5.41, 5.74) is 0.486. The van der Waals surface area contributed by atoms with Crippen molar-refractivity contribution in [2.24, 2.45) is 5.41 Å². The van der Waals surface area contributed by atoms with Gasteiger partial charge in [0.2, 0.25) is 0 Å². The van der Waals surface area contributed by atoms with Gasteiger partial charge in [-0.3, -0.25) is 0 Å². The Bertz CT molecular complexity index is 602. The van der Waals surface area contributed by atoms with Crippen molar-refractivity contribution in [1.29, 1.82) is 0 Å². The maximum atomic E-state index is 6.50. The smallest absolute Gasteiger partial charge is 0.0636 e. The quantitative estimate of drug-likeness (QED) is 0.776. The van der Waals surface area contributed by atoms with Crippen LogP contribution in [0.25, 0.3) is 10.1 Å². The molecule has 1 aliphatic rings. The summed E-state index contributed by atoms with van der Waals surface area (Å²) in [6.07, 6.45) is 5.26. The standard InChI is InChI=1S/C17H22ClNS/c1-17(2)9-5-6-12(10-17)19-11-15-16(18)13-7-3-4-8-14(13)20-15/h3-4,7-8,12,19H,5-6,9-11H2,1-2H3. The van der Waals surface area contributed by atoms with Crippen molar-refractivity contribution in [1.82, 2.24) is 5.32 Å². The van der Waals surface area contributed by atoms with Crippen LogP contribution in [0.4, 0.5) is 0 Å². The first kappa shape index (κ1) is 14.4. The zero-order chi connectivity index (χ0) is 14.2. The molecule has 1 atom stereocenters. The van der Waals surface area contributed by atoms with Crippen LogP contribution in [0.15, 0.2) is 24.3 Å². The number of benzene rings is 1. The second kappa shape index (κ2) is 5.67. The van der Waals surface area contributed by atoms with Crippen molar-refractivity contribution in [3.8, 4) is 0 Å². The van der Waals surface area contributed by atoms with E-state index in [4.69, 9.17) is 11.6 Å². The first-order valence-electron chi connectivity index (χ1n) is 7.44. The van der Waals surface area contributed by atoms with Gasteiger partial charge in [0.05, 0.1) is 5.02 Å². The van der Waals surface area contributed by atoms with Crippen molar-refractivity contribution in [3.63, 3.8) is 0 Å². The summed E-state index contributed by atoms with van der Waals surface area (Å²) in [5.74, 6) is 0. The predicted molar refractivity (Wildman–Crippen MR) is 89.7 cm³/mol. The Hall–Kier alpha value is -0.570. The Morgan fingerprint density at radius 1 is 1.35 bits per heavy atom. The number of hydrogen-bond acceptors (Lipinski definition) is 2. The minimum atomic E-state index is 0.486. The van der Waals surface area contributed by atoms with E-state index in [-0.39, 0.29) is 0 Å². The molecule has 0 spiro atoms. The molecule has 3 heteroatoms. The van der Waals surface area contributed by atoms with E-state index < -0.39 is 0 Å². The molecule has 1 aliphatic carbocycles. The SMILES string of the molecule is CC1(C)CCCC(NCc2sc3ccccc3c2Cl)C1. The zero-order valence-electron chi connectivity index (χ0n) is 12.2. The van der Waals surface area contributed by atoms with Crippen LogP contribution < -0.4 is 5.32 Å². The number of fused-ring (bicyclic) bond motifs is 1. The van der Waals surface area contributed by atoms with Crippen LogP contribution in [-0.2, 0) is 6.54 Å². The molecule has 0 saturated heterocycles. The maximum absolute atomic E-state index is 6.50. The van der Waals surface area contributed by atoms with Crippen molar-refractivity contribution in [3.05, 3.63) is 34.2 Å². The molecule has 0 radical (unpaired) electrons. The minimum absolute atomic E-state index is 0.486. The van der Waals surface area contributed by atoms with Gasteiger partial charge in [-0.25, -0.2) is 0 Å². The fraction of sp³-hybridized carbons (Fsp3) is 0.529. The molecule has 108 valence electrons. The van der Waals surface area contributed by atoms with Crippen LogP contribution in [-0.4, -0.2) is 6.04 Å². The van der Waals surface area contributed by atoms with E-state index in [0.717, 1.165) is 11.6 Å². The first-order chi connectivity index (χ1) is 9.55. The Morgan fingerprint density at radius 3 is 2.90 bits per heavy atom. The predicted octanol–water partition coefficient (Wildman–Crippen LogP) is 5.61. The van der Waals surface area contributed by atoms with Crippen LogP contribution in [0, 0.1) is 5.41 Å². The summed E-state index contributed by atoms with van der Waals surface area (Å²) in [4.78, 5) is 1.27. The van der Waals surface area contributed by atoms with Crippen LogP contribution in [0.1, 0.15) is 44.4 Å². The van der Waals surface area contributed by atoms with Gasteiger partial charge in [0.25, 0.3) is 0 Å². The molecule has 1 nitrogen and oxygen atoms in total. The monoisotopic (exact) mass is 307 g/mol. The summed E-state index contributed by atoms with van der Waals surface area (Å²) in [7, 11) is 0. The van der Waals surface area contributed by atoms with Gasteiger partial charge < -0.3 is 5.32 Å². The molecule has 1 aromatic carbocycles. The van der Waals surface area contributed by atoms with E-state index in [1.807, 2.05) is 11.3 Å². The van der Waals surface area contributed by atoms with Gasteiger partial charge in [0.1, 0.15) is 0 Å². The number of hydrogen-bond donors (Lipinski definition) is 1. The average Bonchev–Trinajstić information content (AvgIpc) is 2.73. The van der Waals surface area contributed by atoms with Crippen molar-refractivity contribution >= 4 is 33.0 Å². The molecule has 1 unspecified atom stereocenters. The highest BCUT2D eigenvalue weighted by atomic mass is 35.5. The largest absolute Gasteiger partial charge is 0.309 e. The fourth-order valence-corrected chi connectivity index (χ4v) is 4.74. The zero-order valence-corrected chi connectivity index (χ0v) is 13.8. The third kappa shape index (κ3) is 3.03. The molecular weight excluding hydrogens is 286 g/mol. The molecule has 1 aromatic heterocycles. The van der Waals surface area contributed by atoms with E-state index in [1.54, 1.807) is 0 Å². The van der Waals surface area contributed by atoms with E-state index in [0.29, 0.717) is 11.5 Å². The van der Waals surface area contributed by atoms with Gasteiger partial charge >= 0.3 is 0 Å². The van der Waals surface area contributed by atoms with Crippen molar-refractivity contribution in [2.45, 2.75) is 52.1 Å². The summed E-state index contributed by atoms with van der Waals surface area (Å²) in [6, 6.07) is 9.04. The highest BCUT2D eigenvalue weighted by Gasteiger charge is 2.27. The second-order valence-corrected chi connectivity index (χ2v) is 8.19. The van der Waals surface area contributed by atoms with Gasteiger partial charge in [-0.1, -0.05) is 50.1 Å². The summed E-state index contributed by atoms with van der Waals surface area (Å²) in [6.45, 7) is 5.67. The molecule has 20 heavy (non-hydrogen) atoms. The number of thiophene rings is 1. The van der Waals surface area contributed by atoms with E-state index in [1.165, 1.54) is 40.6 Å². The normalized spacial score (nSPS) is 22.2. The number of rotatable bonds is 3. The molecule has 0 aliphatic heterocycles. The van der Waals surface area contributed by atoms with Gasteiger partial charge in [-0.15, -0.1) is 11.3 Å². The molecule has 3 rings (SSSR count). The highest BCUT2D eigenvalue weighted by Crippen LogP contribution is 2.37. The molecule has 0 amide bonds. The highest BCUT2D eigenvalue weighted by molar-refractivity contribution is 7.19. The van der Waals surface area contributed by atoms with Crippen LogP contribution in [0.3, 0.4) is 0 Å². The molecule has 1 saturated carbocycles. The third-order valence-corrected chi connectivity index (χ3v) is 6.07. The van der Waals surface area contributed by atoms with Crippen LogP contribution in [0.2, 0.25) is 5.02 Å². The van der Waals surface area contributed by atoms with Crippen molar-refractivity contribution in [2.75, 3.05) is 0 Å². The topological polar surface area (TPSA) is 12.0 Å². The molecule has 0 bridgehead atoms. The van der Waals surface area contributed by atoms with E-state index in [2.05, 4.69) is 43.4 Å². The van der Waals surface area contributed by atoms with Crippen LogP contribution in [0.5, 0.6) is 0 Å². The third-order valence-electron chi connectivity index (χ3n) is 4.36. The maximum Gasteiger partial charge on any atom is 0.0636 e. The lowest BCUT2D eigenvalue weighted by molar-refractivity contribution is 0.198. The lowest BCUT2D eigenvalue weighted by Crippen LogP contribution is -2.36.